The number of hydrogen-bond donors (Lipinski definition) is 2. The summed E-state index contributed by atoms with van der Waals surface area (Å²) in [6, 6.07) is 12.4. The molecule has 0 saturated heterocycles. The van der Waals surface area contributed by atoms with Crippen LogP contribution in [0.1, 0.15) is 28.4 Å². The molecule has 9 heteroatoms. The van der Waals surface area contributed by atoms with Crippen molar-refractivity contribution in [3.05, 3.63) is 59.2 Å². The van der Waals surface area contributed by atoms with Crippen LogP contribution in [0.15, 0.2) is 47.6 Å². The number of aromatic nitrogens is 4. The first kappa shape index (κ1) is 19.6. The highest BCUT2D eigenvalue weighted by Crippen LogP contribution is 2.25. The Labute approximate surface area is 166 Å². The summed E-state index contributed by atoms with van der Waals surface area (Å²) < 4.78 is 1.63. The van der Waals surface area contributed by atoms with Crippen LogP contribution in [0, 0.1) is 13.8 Å². The molecule has 0 spiro atoms. The number of thioether (sulfide) groups is 1. The Balaban J connectivity index is 1.71. The Kier molecular flexibility index (Phi) is 5.74. The quantitative estimate of drug-likeness (QED) is 0.619. The molecule has 0 radical (unpaired) electrons. The average Bonchev–Trinajstić information content (AvgIpc) is 3.10. The third kappa shape index (κ3) is 4.37. The van der Waals surface area contributed by atoms with Gasteiger partial charge in [0, 0.05) is 11.3 Å². The lowest BCUT2D eigenvalue weighted by Crippen LogP contribution is -2.23. The summed E-state index contributed by atoms with van der Waals surface area (Å²) in [6.07, 6.45) is 0. The van der Waals surface area contributed by atoms with Gasteiger partial charge in [0.2, 0.25) is 17.0 Å². The first-order valence-electron chi connectivity index (χ1n) is 8.58. The van der Waals surface area contributed by atoms with Crippen molar-refractivity contribution in [1.82, 2.24) is 20.2 Å². The van der Waals surface area contributed by atoms with Crippen LogP contribution in [-0.4, -0.2) is 37.3 Å². The number of amides is 2. The van der Waals surface area contributed by atoms with Gasteiger partial charge >= 0.3 is 0 Å². The number of rotatable bonds is 6. The molecule has 0 aliphatic heterocycles. The van der Waals surface area contributed by atoms with Crippen molar-refractivity contribution in [2.75, 3.05) is 5.32 Å². The van der Waals surface area contributed by atoms with Crippen LogP contribution < -0.4 is 11.1 Å². The van der Waals surface area contributed by atoms with Crippen LogP contribution in [0.2, 0.25) is 0 Å². The minimum atomic E-state index is -0.514. The summed E-state index contributed by atoms with van der Waals surface area (Å²) in [6.45, 7) is 5.79. The zero-order valence-electron chi connectivity index (χ0n) is 15.7. The molecule has 1 atom stereocenters. The molecule has 2 amide bonds. The summed E-state index contributed by atoms with van der Waals surface area (Å²) in [5, 5.41) is 14.8. The molecule has 1 aromatic heterocycles. The SMILES string of the molecule is Cc1ccc(-n2nnnc2S[C@H](C)C(=O)Nc2ccc(C(N)=O)cc2)c(C)c1. The number of carbonyl (C=O) groups is 2. The first-order valence-corrected chi connectivity index (χ1v) is 9.46. The largest absolute Gasteiger partial charge is 0.366 e. The minimum Gasteiger partial charge on any atom is -0.366 e. The number of nitrogens with zero attached hydrogens (tertiary/aromatic N) is 4. The third-order valence-corrected chi connectivity index (χ3v) is 5.14. The van der Waals surface area contributed by atoms with Gasteiger partial charge in [-0.2, -0.15) is 4.68 Å². The fraction of sp³-hybridized carbons (Fsp3) is 0.211. The van der Waals surface area contributed by atoms with Crippen molar-refractivity contribution in [2.24, 2.45) is 5.73 Å². The van der Waals surface area contributed by atoms with E-state index in [1.165, 1.54) is 11.8 Å². The van der Waals surface area contributed by atoms with Gasteiger partial charge in [-0.1, -0.05) is 29.5 Å². The average molecular weight is 396 g/mol. The van der Waals surface area contributed by atoms with Crippen molar-refractivity contribution in [1.29, 1.82) is 0 Å². The van der Waals surface area contributed by atoms with Gasteiger partial charge in [0.05, 0.1) is 10.9 Å². The number of anilines is 1. The zero-order chi connectivity index (χ0) is 20.3. The number of hydrogen-bond acceptors (Lipinski definition) is 6. The number of nitrogens with two attached hydrogens (primary N) is 1. The molecule has 1 heterocycles. The molecule has 0 fully saturated rings. The van der Waals surface area contributed by atoms with Gasteiger partial charge in [0.1, 0.15) is 0 Å². The van der Waals surface area contributed by atoms with Crippen LogP contribution in [0.3, 0.4) is 0 Å². The Bertz CT molecular complexity index is 1020. The van der Waals surface area contributed by atoms with Gasteiger partial charge < -0.3 is 11.1 Å². The standard InChI is InChI=1S/C19H20N6O2S/c1-11-4-9-16(12(2)10-11)25-19(22-23-24-25)28-13(3)18(27)21-15-7-5-14(6-8-15)17(20)26/h4-10,13H,1-3H3,(H2,20,26)(H,21,27)/t13-/m1/s1. The van der Waals surface area contributed by atoms with Crippen molar-refractivity contribution >= 4 is 29.3 Å². The molecule has 144 valence electrons. The fourth-order valence-electron chi connectivity index (χ4n) is 2.62. The topological polar surface area (TPSA) is 116 Å². The lowest BCUT2D eigenvalue weighted by Gasteiger charge is -2.13. The Morgan fingerprint density at radius 3 is 2.50 bits per heavy atom. The van der Waals surface area contributed by atoms with Gasteiger partial charge in [0.25, 0.3) is 0 Å². The predicted octanol–water partition coefficient (Wildman–Crippen LogP) is 2.50. The van der Waals surface area contributed by atoms with Gasteiger partial charge in [-0.05, 0) is 67.1 Å². The predicted molar refractivity (Wildman–Crippen MR) is 108 cm³/mol. The van der Waals surface area contributed by atoms with Crippen LogP contribution in [0.4, 0.5) is 5.69 Å². The smallest absolute Gasteiger partial charge is 0.248 e. The molecule has 3 rings (SSSR count). The zero-order valence-corrected chi connectivity index (χ0v) is 16.5. The Morgan fingerprint density at radius 2 is 1.86 bits per heavy atom. The highest BCUT2D eigenvalue weighted by Gasteiger charge is 2.20. The number of primary amides is 1. The maximum absolute atomic E-state index is 12.5. The number of tetrazole rings is 1. The molecule has 2 aromatic carbocycles. The molecular weight excluding hydrogens is 376 g/mol. The Morgan fingerprint density at radius 1 is 1.14 bits per heavy atom. The van der Waals surface area contributed by atoms with Gasteiger partial charge in [0.15, 0.2) is 0 Å². The summed E-state index contributed by atoms with van der Waals surface area (Å²) >= 11 is 1.26. The van der Waals surface area contributed by atoms with Crippen molar-refractivity contribution in [2.45, 2.75) is 31.2 Å². The van der Waals surface area contributed by atoms with E-state index in [-0.39, 0.29) is 5.91 Å². The molecule has 0 aliphatic carbocycles. The summed E-state index contributed by atoms with van der Waals surface area (Å²) in [4.78, 5) is 23.6. The lowest BCUT2D eigenvalue weighted by atomic mass is 10.1. The molecule has 3 N–H and O–H groups in total. The maximum Gasteiger partial charge on any atom is 0.248 e. The van der Waals surface area contributed by atoms with Crippen LogP contribution in [0.25, 0.3) is 5.69 Å². The summed E-state index contributed by atoms with van der Waals surface area (Å²) in [5.74, 6) is -0.716. The number of aryl methyl sites for hydroxylation is 2. The number of benzene rings is 2. The molecule has 0 bridgehead atoms. The molecule has 8 nitrogen and oxygen atoms in total. The van der Waals surface area contributed by atoms with E-state index in [9.17, 15) is 9.59 Å². The van der Waals surface area contributed by atoms with Crippen LogP contribution in [0.5, 0.6) is 0 Å². The van der Waals surface area contributed by atoms with E-state index in [1.54, 1.807) is 35.9 Å². The monoisotopic (exact) mass is 396 g/mol. The van der Waals surface area contributed by atoms with Crippen molar-refractivity contribution in [3.8, 4) is 5.69 Å². The van der Waals surface area contributed by atoms with E-state index in [1.807, 2.05) is 26.0 Å². The van der Waals surface area contributed by atoms with Gasteiger partial charge in [-0.3, -0.25) is 9.59 Å². The van der Waals surface area contributed by atoms with E-state index in [4.69, 9.17) is 5.73 Å². The van der Waals surface area contributed by atoms with Crippen LogP contribution in [-0.2, 0) is 4.79 Å². The van der Waals surface area contributed by atoms with Gasteiger partial charge in [-0.15, -0.1) is 5.10 Å². The summed E-state index contributed by atoms with van der Waals surface area (Å²) in [5.41, 5.74) is 9.24. The second-order valence-corrected chi connectivity index (χ2v) is 7.66. The van der Waals surface area contributed by atoms with E-state index in [2.05, 4.69) is 26.9 Å². The Hall–Kier alpha value is -3.20. The fourth-order valence-corrected chi connectivity index (χ4v) is 3.42. The molecular formula is C19H20N6O2S. The number of carbonyl (C=O) groups excluding carboxylic acids is 2. The van der Waals surface area contributed by atoms with E-state index >= 15 is 0 Å². The molecule has 0 aliphatic rings. The highest BCUT2D eigenvalue weighted by molar-refractivity contribution is 8.00. The van der Waals surface area contributed by atoms with E-state index < -0.39 is 11.2 Å². The minimum absolute atomic E-state index is 0.202. The van der Waals surface area contributed by atoms with Crippen molar-refractivity contribution < 1.29 is 9.59 Å². The third-order valence-electron chi connectivity index (χ3n) is 4.11. The lowest BCUT2D eigenvalue weighted by molar-refractivity contribution is -0.115. The molecule has 0 saturated carbocycles. The van der Waals surface area contributed by atoms with Gasteiger partial charge in [-0.25, -0.2) is 0 Å². The van der Waals surface area contributed by atoms with Crippen molar-refractivity contribution in [3.63, 3.8) is 0 Å². The van der Waals surface area contributed by atoms with Crippen LogP contribution >= 0.6 is 11.8 Å². The molecule has 0 unspecified atom stereocenters. The first-order chi connectivity index (χ1) is 13.3. The summed E-state index contributed by atoms with van der Waals surface area (Å²) in [7, 11) is 0. The molecule has 28 heavy (non-hydrogen) atoms. The maximum atomic E-state index is 12.5. The van der Waals surface area contributed by atoms with E-state index in [0.29, 0.717) is 16.4 Å². The van der Waals surface area contributed by atoms with E-state index in [0.717, 1.165) is 16.8 Å². The second-order valence-electron chi connectivity index (χ2n) is 6.35. The number of nitrogens with one attached hydrogen (secondary N) is 1. The normalized spacial score (nSPS) is 11.8. The molecule has 3 aromatic rings. The second kappa shape index (κ2) is 8.22. The highest BCUT2D eigenvalue weighted by atomic mass is 32.2.